The second-order valence-electron chi connectivity index (χ2n) is 7.53. The van der Waals surface area contributed by atoms with Crippen LogP contribution in [0.2, 0.25) is 0 Å². The van der Waals surface area contributed by atoms with Crippen molar-refractivity contribution in [2.24, 2.45) is 0 Å². The number of hydrogen-bond donors (Lipinski definition) is 2. The van der Waals surface area contributed by atoms with Gasteiger partial charge in [-0.25, -0.2) is 9.18 Å². The maximum atomic E-state index is 13.0. The average molecular weight is 388 g/mol. The molecule has 1 aromatic heterocycles. The second-order valence-corrected chi connectivity index (χ2v) is 7.53. The maximum Gasteiger partial charge on any atom is 0.315 e. The Balaban J connectivity index is 1.39. The predicted molar refractivity (Wildman–Crippen MR) is 106 cm³/mol. The van der Waals surface area contributed by atoms with Crippen molar-refractivity contribution in [3.63, 3.8) is 0 Å². The molecule has 2 N–H and O–H groups in total. The molecule has 0 bridgehead atoms. The van der Waals surface area contributed by atoms with Crippen molar-refractivity contribution in [2.45, 2.75) is 31.5 Å². The lowest BCUT2D eigenvalue weighted by molar-refractivity contribution is 0.184. The van der Waals surface area contributed by atoms with Gasteiger partial charge in [0.05, 0.1) is 12.3 Å². The lowest BCUT2D eigenvalue weighted by atomic mass is 10.0. The highest BCUT2D eigenvalue weighted by atomic mass is 19.1. The summed E-state index contributed by atoms with van der Waals surface area (Å²) in [5.41, 5.74) is 1.11. The highest BCUT2D eigenvalue weighted by molar-refractivity contribution is 5.74. The van der Waals surface area contributed by atoms with Crippen LogP contribution in [0, 0.1) is 5.82 Å². The van der Waals surface area contributed by atoms with Gasteiger partial charge in [0.25, 0.3) is 0 Å². The van der Waals surface area contributed by atoms with Crippen LogP contribution in [-0.2, 0) is 6.54 Å². The van der Waals surface area contributed by atoms with E-state index < -0.39 is 0 Å². The molecule has 152 valence electrons. The summed E-state index contributed by atoms with van der Waals surface area (Å²) >= 11 is 0. The van der Waals surface area contributed by atoms with Crippen LogP contribution in [0.25, 0.3) is 0 Å². The largest absolute Gasteiger partial charge is 0.468 e. The smallest absolute Gasteiger partial charge is 0.315 e. The number of halogens is 1. The number of likely N-dealkylation sites (tertiary alicyclic amines) is 1. The number of piperidine rings is 1. The third-order valence-electron chi connectivity index (χ3n) is 5.19. The van der Waals surface area contributed by atoms with Crippen LogP contribution in [0.15, 0.2) is 47.1 Å². The summed E-state index contributed by atoms with van der Waals surface area (Å²) in [5.74, 6) is 0.626. The standard InChI is InChI=1S/C21H29FN4O2/c1-25(2)19(20-4-3-13-28-20)14-23-21(27)24-18-9-11-26(12-10-18)15-16-5-7-17(22)8-6-16/h3-8,13,18-19H,9-12,14-15H2,1-2H3,(H2,23,24,27). The zero-order chi connectivity index (χ0) is 19.9. The van der Waals surface area contributed by atoms with Crippen LogP contribution in [0.4, 0.5) is 9.18 Å². The Morgan fingerprint density at radius 1 is 1.25 bits per heavy atom. The fraction of sp³-hybridized carbons (Fsp3) is 0.476. The van der Waals surface area contributed by atoms with Crippen molar-refractivity contribution in [1.29, 1.82) is 0 Å². The Morgan fingerprint density at radius 2 is 1.96 bits per heavy atom. The van der Waals surface area contributed by atoms with Crippen molar-refractivity contribution in [1.82, 2.24) is 20.4 Å². The Hall–Kier alpha value is -2.38. The van der Waals surface area contributed by atoms with Crippen molar-refractivity contribution >= 4 is 6.03 Å². The van der Waals surface area contributed by atoms with Crippen LogP contribution in [-0.4, -0.2) is 55.6 Å². The van der Waals surface area contributed by atoms with Gasteiger partial charge in [-0.15, -0.1) is 0 Å². The van der Waals surface area contributed by atoms with E-state index in [-0.39, 0.29) is 23.9 Å². The minimum atomic E-state index is -0.207. The second kappa shape index (κ2) is 9.71. The molecule has 2 aromatic rings. The highest BCUT2D eigenvalue weighted by Crippen LogP contribution is 2.18. The number of hydrogen-bond acceptors (Lipinski definition) is 4. The number of benzene rings is 1. The van der Waals surface area contributed by atoms with Crippen LogP contribution < -0.4 is 10.6 Å². The van der Waals surface area contributed by atoms with Crippen LogP contribution in [0.5, 0.6) is 0 Å². The molecule has 1 aliphatic rings. The summed E-state index contributed by atoms with van der Waals surface area (Å²) in [5, 5.41) is 6.03. The molecule has 2 heterocycles. The zero-order valence-electron chi connectivity index (χ0n) is 16.5. The number of nitrogens with one attached hydrogen (secondary N) is 2. The first kappa shape index (κ1) is 20.4. The molecule has 1 fully saturated rings. The minimum Gasteiger partial charge on any atom is -0.468 e. The molecule has 0 radical (unpaired) electrons. The van der Waals surface area contributed by atoms with Crippen molar-refractivity contribution < 1.29 is 13.6 Å². The molecule has 0 saturated carbocycles. The van der Waals surface area contributed by atoms with E-state index in [2.05, 4.69) is 15.5 Å². The number of rotatable bonds is 7. The van der Waals surface area contributed by atoms with E-state index in [0.29, 0.717) is 6.54 Å². The summed E-state index contributed by atoms with van der Waals surface area (Å²) in [6.07, 6.45) is 3.46. The third-order valence-corrected chi connectivity index (χ3v) is 5.19. The van der Waals surface area contributed by atoms with E-state index in [4.69, 9.17) is 4.42 Å². The number of carbonyl (C=O) groups is 1. The minimum absolute atomic E-state index is 0.00157. The summed E-state index contributed by atoms with van der Waals surface area (Å²) < 4.78 is 18.5. The summed E-state index contributed by atoms with van der Waals surface area (Å²) in [4.78, 5) is 16.6. The number of furan rings is 1. The van der Waals surface area contributed by atoms with Gasteiger partial charge in [-0.2, -0.15) is 0 Å². The first-order chi connectivity index (χ1) is 13.5. The summed E-state index contributed by atoms with van der Waals surface area (Å²) in [6.45, 7) is 3.12. The van der Waals surface area contributed by atoms with Gasteiger partial charge in [0.1, 0.15) is 11.6 Å². The number of likely N-dealkylation sites (N-methyl/N-ethyl adjacent to an activating group) is 1. The predicted octanol–water partition coefficient (Wildman–Crippen LogP) is 2.99. The van der Waals surface area contributed by atoms with Gasteiger partial charge in [0.2, 0.25) is 0 Å². The molecule has 1 atom stereocenters. The molecule has 0 spiro atoms. The Bertz CT molecular complexity index is 725. The van der Waals surface area contributed by atoms with Gasteiger partial charge >= 0.3 is 6.03 Å². The molecule has 1 aromatic carbocycles. The van der Waals surface area contributed by atoms with Crippen LogP contribution in [0.1, 0.15) is 30.2 Å². The van der Waals surface area contributed by atoms with Gasteiger partial charge in [-0.05, 0) is 56.8 Å². The molecule has 1 aliphatic heterocycles. The molecule has 28 heavy (non-hydrogen) atoms. The van der Waals surface area contributed by atoms with E-state index in [1.165, 1.54) is 12.1 Å². The van der Waals surface area contributed by atoms with Crippen LogP contribution in [0.3, 0.4) is 0 Å². The van der Waals surface area contributed by atoms with Gasteiger partial charge in [-0.3, -0.25) is 9.80 Å². The van der Waals surface area contributed by atoms with Gasteiger partial charge < -0.3 is 15.1 Å². The summed E-state index contributed by atoms with van der Waals surface area (Å²) in [6, 6.07) is 10.4. The van der Waals surface area contributed by atoms with Crippen molar-refractivity contribution in [3.05, 3.63) is 59.8 Å². The average Bonchev–Trinajstić information content (AvgIpc) is 3.19. The van der Waals surface area contributed by atoms with E-state index in [1.54, 1.807) is 6.26 Å². The molecule has 0 aliphatic carbocycles. The fourth-order valence-corrected chi connectivity index (χ4v) is 3.53. The molecule has 1 unspecified atom stereocenters. The lowest BCUT2D eigenvalue weighted by Gasteiger charge is -2.32. The molecular weight excluding hydrogens is 359 g/mol. The molecule has 7 heteroatoms. The van der Waals surface area contributed by atoms with Crippen LogP contribution >= 0.6 is 0 Å². The molecule has 3 rings (SSSR count). The van der Waals surface area contributed by atoms with E-state index >= 15 is 0 Å². The number of nitrogens with zero attached hydrogens (tertiary/aromatic N) is 2. The quantitative estimate of drug-likeness (QED) is 0.766. The monoisotopic (exact) mass is 388 g/mol. The van der Waals surface area contributed by atoms with E-state index in [0.717, 1.165) is 43.8 Å². The first-order valence-corrected chi connectivity index (χ1v) is 9.72. The van der Waals surface area contributed by atoms with Gasteiger partial charge in [-0.1, -0.05) is 12.1 Å². The zero-order valence-corrected chi connectivity index (χ0v) is 16.5. The van der Waals surface area contributed by atoms with Crippen molar-refractivity contribution in [2.75, 3.05) is 33.7 Å². The molecule has 2 amide bonds. The number of urea groups is 1. The van der Waals surface area contributed by atoms with Gasteiger partial charge in [0, 0.05) is 32.2 Å². The Morgan fingerprint density at radius 3 is 2.57 bits per heavy atom. The Kier molecular flexibility index (Phi) is 7.06. The molecule has 6 nitrogen and oxygen atoms in total. The highest BCUT2D eigenvalue weighted by Gasteiger charge is 2.22. The third kappa shape index (κ3) is 5.81. The SMILES string of the molecule is CN(C)C(CNC(=O)NC1CCN(Cc2ccc(F)cc2)CC1)c1ccco1. The van der Waals surface area contributed by atoms with Gasteiger partial charge in [0.15, 0.2) is 0 Å². The number of carbonyl (C=O) groups excluding carboxylic acids is 1. The lowest BCUT2D eigenvalue weighted by Crippen LogP contribution is -2.48. The summed E-state index contributed by atoms with van der Waals surface area (Å²) in [7, 11) is 3.92. The van der Waals surface area contributed by atoms with E-state index in [9.17, 15) is 9.18 Å². The van der Waals surface area contributed by atoms with E-state index in [1.807, 2.05) is 43.3 Å². The molecule has 1 saturated heterocycles. The fourth-order valence-electron chi connectivity index (χ4n) is 3.53. The topological polar surface area (TPSA) is 60.8 Å². The number of amides is 2. The maximum absolute atomic E-state index is 13.0. The first-order valence-electron chi connectivity index (χ1n) is 9.72. The Labute approximate surface area is 165 Å². The van der Waals surface area contributed by atoms with Crippen molar-refractivity contribution in [3.8, 4) is 0 Å². The molecular formula is C21H29FN4O2. The normalized spacial score (nSPS) is 16.9.